The van der Waals surface area contributed by atoms with E-state index in [0.29, 0.717) is 32.1 Å². The Kier molecular flexibility index (Phi) is 7.81. The van der Waals surface area contributed by atoms with Gasteiger partial charge >= 0.3 is 5.97 Å². The van der Waals surface area contributed by atoms with Gasteiger partial charge in [0.2, 0.25) is 0 Å². The molecule has 1 aromatic heterocycles. The number of aromatic nitrogens is 1. The first-order valence-corrected chi connectivity index (χ1v) is 13.8. The molecule has 0 N–H and O–H groups in total. The largest absolute Gasteiger partial charge is 0.497 e. The van der Waals surface area contributed by atoms with Crippen molar-refractivity contribution in [2.75, 3.05) is 20.8 Å². The maximum atomic E-state index is 14.0. The number of halogens is 1. The molecule has 0 saturated carbocycles. The van der Waals surface area contributed by atoms with Crippen molar-refractivity contribution < 1.29 is 19.0 Å². The van der Waals surface area contributed by atoms with E-state index in [1.807, 2.05) is 72.8 Å². The van der Waals surface area contributed by atoms with Crippen molar-refractivity contribution in [2.24, 2.45) is 4.99 Å². The molecule has 3 aromatic carbocycles. The van der Waals surface area contributed by atoms with Crippen LogP contribution in [-0.2, 0) is 9.53 Å². The number of hydrogen-bond donors (Lipinski definition) is 0. The topological polar surface area (TPSA) is 79.1 Å². The summed E-state index contributed by atoms with van der Waals surface area (Å²) in [5, 5.41) is 0. The van der Waals surface area contributed by atoms with Crippen LogP contribution in [0.15, 0.2) is 92.6 Å². The van der Waals surface area contributed by atoms with Gasteiger partial charge in [-0.25, -0.2) is 9.79 Å². The van der Waals surface area contributed by atoms with Crippen molar-refractivity contribution in [1.29, 1.82) is 0 Å². The predicted molar refractivity (Wildman–Crippen MR) is 155 cm³/mol. The summed E-state index contributed by atoms with van der Waals surface area (Å²) in [6.07, 6.45) is 1.80. The van der Waals surface area contributed by atoms with Gasteiger partial charge in [-0.3, -0.25) is 9.36 Å². The maximum Gasteiger partial charge on any atom is 0.338 e. The Labute approximate surface area is 237 Å². The van der Waals surface area contributed by atoms with Crippen molar-refractivity contribution in [2.45, 2.75) is 13.0 Å². The van der Waals surface area contributed by atoms with Crippen LogP contribution in [-0.4, -0.2) is 31.4 Å². The molecule has 0 amide bonds. The molecule has 0 saturated heterocycles. The molecule has 1 aliphatic heterocycles. The van der Waals surface area contributed by atoms with Crippen LogP contribution in [0.3, 0.4) is 0 Å². The predicted octanol–water partition coefficient (Wildman–Crippen LogP) is 4.72. The van der Waals surface area contributed by atoms with Gasteiger partial charge in [0.1, 0.15) is 11.5 Å². The molecular formula is C30H25BrN2O5S. The number of carbonyl (C=O) groups is 1. The van der Waals surface area contributed by atoms with Gasteiger partial charge in [0.25, 0.3) is 5.56 Å². The summed E-state index contributed by atoms with van der Waals surface area (Å²) >= 11 is 4.83. The highest BCUT2D eigenvalue weighted by atomic mass is 79.9. The number of thiazole rings is 1. The smallest absolute Gasteiger partial charge is 0.338 e. The molecule has 0 aliphatic carbocycles. The second-order valence-corrected chi connectivity index (χ2v) is 10.5. The van der Waals surface area contributed by atoms with Crippen LogP contribution in [0.2, 0.25) is 0 Å². The summed E-state index contributed by atoms with van der Waals surface area (Å²) < 4.78 is 19.1. The minimum Gasteiger partial charge on any atom is -0.497 e. The average Bonchev–Trinajstić information content (AvgIpc) is 3.28. The zero-order chi connectivity index (χ0) is 27.5. The third kappa shape index (κ3) is 5.20. The summed E-state index contributed by atoms with van der Waals surface area (Å²) in [4.78, 5) is 32.9. The summed E-state index contributed by atoms with van der Waals surface area (Å²) in [6, 6.07) is 21.6. The molecule has 0 radical (unpaired) electrons. The van der Waals surface area contributed by atoms with Crippen LogP contribution in [0.5, 0.6) is 11.5 Å². The van der Waals surface area contributed by atoms with Crippen molar-refractivity contribution >= 4 is 45.0 Å². The lowest BCUT2D eigenvalue weighted by Gasteiger charge is -2.26. The first kappa shape index (κ1) is 26.6. The highest BCUT2D eigenvalue weighted by Crippen LogP contribution is 2.35. The second-order valence-electron chi connectivity index (χ2n) is 8.59. The van der Waals surface area contributed by atoms with Crippen LogP contribution < -0.4 is 24.4 Å². The van der Waals surface area contributed by atoms with E-state index in [9.17, 15) is 9.59 Å². The Morgan fingerprint density at radius 1 is 1.03 bits per heavy atom. The molecule has 0 fully saturated rings. The van der Waals surface area contributed by atoms with E-state index in [1.165, 1.54) is 11.3 Å². The van der Waals surface area contributed by atoms with Gasteiger partial charge in [-0.2, -0.15) is 0 Å². The zero-order valence-electron chi connectivity index (χ0n) is 21.5. The van der Waals surface area contributed by atoms with Crippen LogP contribution in [0, 0.1) is 0 Å². The monoisotopic (exact) mass is 604 g/mol. The quantitative estimate of drug-likeness (QED) is 0.285. The lowest BCUT2D eigenvalue weighted by Crippen LogP contribution is -2.40. The number of carbonyl (C=O) groups excluding carboxylic acids is 1. The normalized spacial score (nSPS) is 15.0. The van der Waals surface area contributed by atoms with E-state index in [0.717, 1.165) is 21.2 Å². The Bertz CT molecular complexity index is 1740. The van der Waals surface area contributed by atoms with Gasteiger partial charge in [-0.05, 0) is 54.5 Å². The summed E-state index contributed by atoms with van der Waals surface area (Å²) in [6.45, 7) is 1.94. The van der Waals surface area contributed by atoms with Gasteiger partial charge in [0.05, 0.1) is 42.7 Å². The standard InChI is InChI=1S/C30H25BrN2O5S/c1-4-38-29(35)25-26(18-8-6-5-7-9-18)32-30-33(27(25)19-10-12-21(36-2)13-11-19)28(34)24(39-30)17-20-16-22(37-3)14-15-23(20)31/h5-17,27H,4H2,1-3H3/b24-17-/t27-/m1/s1. The Hall–Kier alpha value is -3.95. The van der Waals surface area contributed by atoms with Gasteiger partial charge in [0, 0.05) is 10.0 Å². The summed E-state index contributed by atoms with van der Waals surface area (Å²) in [7, 11) is 3.18. The second kappa shape index (κ2) is 11.4. The van der Waals surface area contributed by atoms with E-state index in [2.05, 4.69) is 15.9 Å². The number of hydrogen-bond acceptors (Lipinski definition) is 7. The molecule has 0 spiro atoms. The van der Waals surface area contributed by atoms with Crippen molar-refractivity contribution in [1.82, 2.24) is 4.57 Å². The van der Waals surface area contributed by atoms with E-state index in [-0.39, 0.29) is 12.2 Å². The zero-order valence-corrected chi connectivity index (χ0v) is 23.9. The number of methoxy groups -OCH3 is 2. The van der Waals surface area contributed by atoms with Crippen molar-refractivity contribution in [3.8, 4) is 11.5 Å². The fraction of sp³-hybridized carbons (Fsp3) is 0.167. The third-order valence-corrected chi connectivity index (χ3v) is 8.00. The number of rotatable bonds is 7. The molecule has 0 bridgehead atoms. The van der Waals surface area contributed by atoms with Crippen LogP contribution >= 0.6 is 27.3 Å². The number of fused-ring (bicyclic) bond motifs is 1. The number of ether oxygens (including phenoxy) is 3. The highest BCUT2D eigenvalue weighted by molar-refractivity contribution is 9.10. The Morgan fingerprint density at radius 2 is 1.72 bits per heavy atom. The van der Waals surface area contributed by atoms with E-state index in [1.54, 1.807) is 31.8 Å². The fourth-order valence-corrected chi connectivity index (χ4v) is 5.80. The minimum atomic E-state index is -0.752. The fourth-order valence-electron chi connectivity index (χ4n) is 4.44. The van der Waals surface area contributed by atoms with E-state index >= 15 is 0 Å². The molecule has 1 aliphatic rings. The molecule has 9 heteroatoms. The van der Waals surface area contributed by atoms with Gasteiger partial charge < -0.3 is 14.2 Å². The number of nitrogens with zero attached hydrogens (tertiary/aromatic N) is 2. The van der Waals surface area contributed by atoms with Crippen molar-refractivity contribution in [3.05, 3.63) is 119 Å². The Morgan fingerprint density at radius 3 is 2.38 bits per heavy atom. The molecular weight excluding hydrogens is 580 g/mol. The maximum absolute atomic E-state index is 14.0. The number of benzene rings is 3. The van der Waals surface area contributed by atoms with Crippen molar-refractivity contribution in [3.63, 3.8) is 0 Å². The lowest BCUT2D eigenvalue weighted by molar-refractivity contribution is -0.138. The molecule has 0 unspecified atom stereocenters. The molecule has 39 heavy (non-hydrogen) atoms. The first-order valence-electron chi connectivity index (χ1n) is 12.2. The summed E-state index contributed by atoms with van der Waals surface area (Å²) in [5.74, 6) is 0.814. The van der Waals surface area contributed by atoms with Gasteiger partial charge in [0.15, 0.2) is 4.80 Å². The third-order valence-electron chi connectivity index (χ3n) is 6.29. The lowest BCUT2D eigenvalue weighted by atomic mass is 9.93. The van der Waals surface area contributed by atoms with Crippen LogP contribution in [0.4, 0.5) is 0 Å². The first-order chi connectivity index (χ1) is 18.9. The van der Waals surface area contributed by atoms with E-state index in [4.69, 9.17) is 19.2 Å². The van der Waals surface area contributed by atoms with E-state index < -0.39 is 12.0 Å². The van der Waals surface area contributed by atoms with Crippen LogP contribution in [0.25, 0.3) is 11.8 Å². The molecule has 7 nitrogen and oxygen atoms in total. The molecule has 1 atom stereocenters. The average molecular weight is 606 g/mol. The van der Waals surface area contributed by atoms with Gasteiger partial charge in [-0.1, -0.05) is 69.7 Å². The SMILES string of the molecule is CCOC(=O)C1=C(c2ccccc2)N=c2s/c(=C\c3cc(OC)ccc3Br)c(=O)n2[C@@H]1c1ccc(OC)cc1. The minimum absolute atomic E-state index is 0.189. The molecule has 2 heterocycles. The Balaban J connectivity index is 1.82. The van der Waals surface area contributed by atoms with Crippen LogP contribution in [0.1, 0.15) is 29.7 Å². The van der Waals surface area contributed by atoms with Gasteiger partial charge in [-0.15, -0.1) is 0 Å². The molecule has 198 valence electrons. The number of esters is 1. The molecule has 5 rings (SSSR count). The highest BCUT2D eigenvalue weighted by Gasteiger charge is 2.35. The summed E-state index contributed by atoms with van der Waals surface area (Å²) in [5.41, 5.74) is 2.79. The molecule has 4 aromatic rings.